The van der Waals surface area contributed by atoms with Crippen LogP contribution in [-0.2, 0) is 17.8 Å². The number of hydrogen-bond acceptors (Lipinski definition) is 4. The van der Waals surface area contributed by atoms with E-state index in [1.165, 1.54) is 6.07 Å². The lowest BCUT2D eigenvalue weighted by Crippen LogP contribution is -2.42. The molecule has 0 unspecified atom stereocenters. The fourth-order valence-electron chi connectivity index (χ4n) is 2.81. The number of aliphatic hydroxyl groups excluding tert-OH is 1. The first-order valence-corrected chi connectivity index (χ1v) is 9.21. The summed E-state index contributed by atoms with van der Waals surface area (Å²) in [4.78, 5) is 24.5. The van der Waals surface area contributed by atoms with Crippen LogP contribution in [0.2, 0.25) is 5.02 Å². The van der Waals surface area contributed by atoms with Gasteiger partial charge in [0, 0.05) is 16.7 Å². The maximum atomic E-state index is 12.4. The largest absolute Gasteiger partial charge is 0.394 e. The third kappa shape index (κ3) is 5.28. The minimum Gasteiger partial charge on any atom is -0.394 e. The molecule has 28 heavy (non-hydrogen) atoms. The van der Waals surface area contributed by atoms with E-state index in [0.29, 0.717) is 17.1 Å². The van der Waals surface area contributed by atoms with Gasteiger partial charge in [-0.1, -0.05) is 54.1 Å². The molecule has 0 spiro atoms. The molecule has 2 N–H and O–H groups in total. The smallest absolute Gasteiger partial charge is 0.267 e. The number of carbonyl (C=O) groups is 1. The van der Waals surface area contributed by atoms with Gasteiger partial charge in [0.2, 0.25) is 5.91 Å². The normalized spacial score (nSPS) is 11.8. The zero-order valence-electron chi connectivity index (χ0n) is 15.1. The Balaban J connectivity index is 1.70. The molecule has 0 radical (unpaired) electrons. The van der Waals surface area contributed by atoms with Crippen molar-refractivity contribution in [1.82, 2.24) is 15.1 Å². The molecule has 6 nitrogen and oxygen atoms in total. The highest BCUT2D eigenvalue weighted by molar-refractivity contribution is 6.30. The zero-order chi connectivity index (χ0) is 19.9. The van der Waals surface area contributed by atoms with Crippen molar-refractivity contribution in [2.45, 2.75) is 19.0 Å². The van der Waals surface area contributed by atoms with E-state index in [1.807, 2.05) is 30.3 Å². The minimum atomic E-state index is -0.440. The van der Waals surface area contributed by atoms with Gasteiger partial charge in [-0.05, 0) is 30.2 Å². The molecule has 144 valence electrons. The molecular weight excluding hydrogens is 378 g/mol. The van der Waals surface area contributed by atoms with Crippen molar-refractivity contribution in [3.05, 3.63) is 87.7 Å². The number of hydrogen-bond donors (Lipinski definition) is 2. The number of aliphatic hydroxyl groups is 1. The number of nitrogens with zero attached hydrogens (tertiary/aromatic N) is 2. The molecule has 0 saturated heterocycles. The molecule has 1 amide bonds. The molecule has 2 aromatic carbocycles. The molecule has 0 bridgehead atoms. The van der Waals surface area contributed by atoms with Crippen molar-refractivity contribution >= 4 is 17.5 Å². The molecule has 0 aliphatic carbocycles. The van der Waals surface area contributed by atoms with Gasteiger partial charge in [-0.2, -0.15) is 5.10 Å². The van der Waals surface area contributed by atoms with Gasteiger partial charge in [-0.15, -0.1) is 0 Å². The Morgan fingerprint density at radius 1 is 1.07 bits per heavy atom. The lowest BCUT2D eigenvalue weighted by molar-refractivity contribution is -0.122. The van der Waals surface area contributed by atoms with Gasteiger partial charge >= 0.3 is 0 Å². The third-order valence-electron chi connectivity index (χ3n) is 4.21. The Bertz CT molecular complexity index is 988. The van der Waals surface area contributed by atoms with Crippen LogP contribution in [0.5, 0.6) is 0 Å². The summed E-state index contributed by atoms with van der Waals surface area (Å²) in [6, 6.07) is 19.1. The molecule has 0 aliphatic rings. The lowest BCUT2D eigenvalue weighted by Gasteiger charge is -2.17. The Labute approximate surface area is 167 Å². The van der Waals surface area contributed by atoms with Crippen molar-refractivity contribution in [3.63, 3.8) is 0 Å². The first kappa shape index (κ1) is 19.8. The van der Waals surface area contributed by atoms with Crippen LogP contribution in [0.1, 0.15) is 5.56 Å². The summed E-state index contributed by atoms with van der Waals surface area (Å²) < 4.78 is 1.11. The van der Waals surface area contributed by atoms with Gasteiger partial charge in [0.25, 0.3) is 5.56 Å². The quantitative estimate of drug-likeness (QED) is 0.640. The maximum absolute atomic E-state index is 12.4. The number of benzene rings is 2. The average Bonchev–Trinajstić information content (AvgIpc) is 2.70. The topological polar surface area (TPSA) is 84.2 Å². The molecule has 3 aromatic rings. The first-order chi connectivity index (χ1) is 13.5. The molecule has 0 aliphatic heterocycles. The fourth-order valence-corrected chi connectivity index (χ4v) is 2.93. The molecule has 1 heterocycles. The lowest BCUT2D eigenvalue weighted by atomic mass is 10.1. The van der Waals surface area contributed by atoms with E-state index >= 15 is 0 Å². The van der Waals surface area contributed by atoms with Gasteiger partial charge in [0.1, 0.15) is 6.54 Å². The molecular formula is C21H20ClN3O3. The number of nitrogens with one attached hydrogen (secondary N) is 1. The second-order valence-corrected chi connectivity index (χ2v) is 6.79. The van der Waals surface area contributed by atoms with E-state index in [0.717, 1.165) is 15.8 Å². The van der Waals surface area contributed by atoms with Gasteiger partial charge < -0.3 is 10.4 Å². The number of amides is 1. The highest BCUT2D eigenvalue weighted by Crippen LogP contribution is 2.18. The molecule has 3 rings (SSSR count). The van der Waals surface area contributed by atoms with Gasteiger partial charge in [0.05, 0.1) is 18.3 Å². The van der Waals surface area contributed by atoms with Crippen LogP contribution in [0.3, 0.4) is 0 Å². The van der Waals surface area contributed by atoms with Gasteiger partial charge in [0.15, 0.2) is 0 Å². The van der Waals surface area contributed by atoms with Gasteiger partial charge in [-0.25, -0.2) is 4.68 Å². The van der Waals surface area contributed by atoms with Crippen molar-refractivity contribution < 1.29 is 9.90 Å². The monoisotopic (exact) mass is 397 g/mol. The summed E-state index contributed by atoms with van der Waals surface area (Å²) in [6.45, 7) is -0.431. The summed E-state index contributed by atoms with van der Waals surface area (Å²) in [5, 5.41) is 17.2. The Kier molecular flexibility index (Phi) is 6.57. The second kappa shape index (κ2) is 9.30. The summed E-state index contributed by atoms with van der Waals surface area (Å²) >= 11 is 5.90. The highest BCUT2D eigenvalue weighted by Gasteiger charge is 2.14. The number of halogens is 1. The summed E-state index contributed by atoms with van der Waals surface area (Å²) in [6.07, 6.45) is 0.496. The van der Waals surface area contributed by atoms with E-state index in [-0.39, 0.29) is 18.7 Å². The standard InChI is InChI=1S/C21H20ClN3O3/c22-17-8-6-16(7-9-17)19-10-11-21(28)25(24-19)13-20(27)23-18(14-26)12-15-4-2-1-3-5-15/h1-11,18,26H,12-14H2,(H,23,27)/t18-/m0/s1. The summed E-state index contributed by atoms with van der Waals surface area (Å²) in [7, 11) is 0. The van der Waals surface area contributed by atoms with Crippen molar-refractivity contribution in [3.8, 4) is 11.3 Å². The van der Waals surface area contributed by atoms with E-state index in [1.54, 1.807) is 30.3 Å². The Morgan fingerprint density at radius 2 is 1.79 bits per heavy atom. The molecule has 1 aromatic heterocycles. The van der Waals surface area contributed by atoms with Crippen LogP contribution < -0.4 is 10.9 Å². The predicted octanol–water partition coefficient (Wildman–Crippen LogP) is 2.28. The third-order valence-corrected chi connectivity index (χ3v) is 4.46. The van der Waals surface area contributed by atoms with Crippen molar-refractivity contribution in [2.24, 2.45) is 0 Å². The fraction of sp³-hybridized carbons (Fsp3) is 0.190. The van der Waals surface area contributed by atoms with Gasteiger partial charge in [-0.3, -0.25) is 9.59 Å². The number of carbonyl (C=O) groups excluding carboxylic acids is 1. The second-order valence-electron chi connectivity index (χ2n) is 6.36. The highest BCUT2D eigenvalue weighted by atomic mass is 35.5. The van der Waals surface area contributed by atoms with Crippen LogP contribution in [0.4, 0.5) is 0 Å². The van der Waals surface area contributed by atoms with Crippen LogP contribution in [0, 0.1) is 0 Å². The summed E-state index contributed by atoms with van der Waals surface area (Å²) in [5.74, 6) is -0.391. The molecule has 1 atom stereocenters. The average molecular weight is 398 g/mol. The van der Waals surface area contributed by atoms with Crippen LogP contribution in [0.15, 0.2) is 71.5 Å². The zero-order valence-corrected chi connectivity index (χ0v) is 15.8. The minimum absolute atomic E-state index is 0.201. The maximum Gasteiger partial charge on any atom is 0.267 e. The predicted molar refractivity (Wildman–Crippen MR) is 108 cm³/mol. The van der Waals surface area contributed by atoms with Crippen molar-refractivity contribution in [1.29, 1.82) is 0 Å². The van der Waals surface area contributed by atoms with E-state index in [9.17, 15) is 14.7 Å². The molecule has 7 heteroatoms. The van der Waals surface area contributed by atoms with Crippen molar-refractivity contribution in [2.75, 3.05) is 6.61 Å². The van der Waals surface area contributed by atoms with E-state index in [4.69, 9.17) is 11.6 Å². The molecule has 0 fully saturated rings. The SMILES string of the molecule is O=C(Cn1nc(-c2ccc(Cl)cc2)ccc1=O)N[C@H](CO)Cc1ccccc1. The van der Waals surface area contributed by atoms with Crippen LogP contribution in [-0.4, -0.2) is 33.4 Å². The number of aromatic nitrogens is 2. The number of rotatable bonds is 7. The van der Waals surface area contributed by atoms with Crippen LogP contribution >= 0.6 is 11.6 Å². The van der Waals surface area contributed by atoms with E-state index in [2.05, 4.69) is 10.4 Å². The van der Waals surface area contributed by atoms with E-state index < -0.39 is 11.9 Å². The first-order valence-electron chi connectivity index (χ1n) is 8.83. The Hall–Kier alpha value is -2.96. The summed E-state index contributed by atoms with van der Waals surface area (Å²) in [5.41, 5.74) is 1.97. The Morgan fingerprint density at radius 3 is 2.46 bits per heavy atom. The van der Waals surface area contributed by atoms with Crippen LogP contribution in [0.25, 0.3) is 11.3 Å². The molecule has 0 saturated carbocycles.